The fourth-order valence-corrected chi connectivity index (χ4v) is 9.63. The summed E-state index contributed by atoms with van der Waals surface area (Å²) in [6.45, 7) is 5.35. The zero-order valence-corrected chi connectivity index (χ0v) is 35.8. The first-order valence-corrected chi connectivity index (χ1v) is 23.1. The molecule has 64 heavy (non-hydrogen) atoms. The minimum atomic E-state index is -10.6. The first-order chi connectivity index (χ1) is 30.0. The van der Waals surface area contributed by atoms with Crippen LogP contribution in [0, 0.1) is 71.2 Å². The van der Waals surface area contributed by atoms with Crippen molar-refractivity contribution in [2.45, 2.75) is 101 Å². The molecular formula is C47H49F13O3S. The summed E-state index contributed by atoms with van der Waals surface area (Å²) in [4.78, 5) is -3.16. The molecule has 0 N–H and O–H groups in total. The van der Waals surface area contributed by atoms with Gasteiger partial charge in [-0.15, -0.1) is 6.58 Å². The Morgan fingerprint density at radius 1 is 0.562 bits per heavy atom. The van der Waals surface area contributed by atoms with Crippen LogP contribution in [0.1, 0.15) is 105 Å². The van der Waals surface area contributed by atoms with Gasteiger partial charge in [0.05, 0.1) is 19.8 Å². The van der Waals surface area contributed by atoms with Crippen LogP contribution >= 0.6 is 10.2 Å². The zero-order valence-electron chi connectivity index (χ0n) is 34.9. The molecule has 1 unspecified atom stereocenters. The molecule has 6 rings (SSSR count). The summed E-state index contributed by atoms with van der Waals surface area (Å²) in [6, 6.07) is 7.48. The molecule has 0 aliphatic heterocycles. The van der Waals surface area contributed by atoms with E-state index in [1.807, 2.05) is 0 Å². The Hall–Kier alpha value is -4.54. The van der Waals surface area contributed by atoms with Crippen molar-refractivity contribution in [3.05, 3.63) is 130 Å². The van der Waals surface area contributed by atoms with E-state index in [1.54, 1.807) is 6.08 Å². The predicted molar refractivity (Wildman–Crippen MR) is 219 cm³/mol. The van der Waals surface area contributed by atoms with Gasteiger partial charge in [-0.25, -0.2) is 35.1 Å². The monoisotopic (exact) mass is 940 g/mol. The van der Waals surface area contributed by atoms with Crippen LogP contribution in [0.4, 0.5) is 54.6 Å². The van der Waals surface area contributed by atoms with Crippen LogP contribution in [0.2, 0.25) is 0 Å². The SMILES string of the molecule is C=CC(CCOc1cc(F)c(CCC2CCC(c3cc(F)c(S(F)(F)(F)(F)F)c(F)c3)CC2)c(F)c1)CCOc1cc(F)c(OCC2CCC(c3cc(F)c(C)c(F)c3)CC2)c(F)c1. The van der Waals surface area contributed by atoms with Crippen LogP contribution in [-0.2, 0) is 6.42 Å². The molecule has 0 spiro atoms. The molecular weight excluding hydrogens is 892 g/mol. The Morgan fingerprint density at radius 2 is 0.984 bits per heavy atom. The summed E-state index contributed by atoms with van der Waals surface area (Å²) < 4.78 is 199. The van der Waals surface area contributed by atoms with Gasteiger partial charge in [0.1, 0.15) is 46.4 Å². The number of benzene rings is 4. The zero-order chi connectivity index (χ0) is 46.6. The highest BCUT2D eigenvalue weighted by molar-refractivity contribution is 8.45. The van der Waals surface area contributed by atoms with Crippen LogP contribution in [-0.4, -0.2) is 19.8 Å². The molecule has 2 fully saturated rings. The lowest BCUT2D eigenvalue weighted by molar-refractivity contribution is 0.187. The lowest BCUT2D eigenvalue weighted by Crippen LogP contribution is -2.20. The average molecular weight is 941 g/mol. The lowest BCUT2D eigenvalue weighted by Gasteiger charge is -2.41. The van der Waals surface area contributed by atoms with Gasteiger partial charge in [0, 0.05) is 35.4 Å². The highest BCUT2D eigenvalue weighted by Crippen LogP contribution is 3.02. The van der Waals surface area contributed by atoms with E-state index >= 15 is 8.78 Å². The fraction of sp³-hybridized carbons (Fsp3) is 0.447. The van der Waals surface area contributed by atoms with Gasteiger partial charge in [-0.3, -0.25) is 0 Å². The van der Waals surface area contributed by atoms with Crippen molar-refractivity contribution in [2.24, 2.45) is 17.8 Å². The van der Waals surface area contributed by atoms with Crippen molar-refractivity contribution in [3.63, 3.8) is 0 Å². The molecule has 2 saturated carbocycles. The third-order valence-electron chi connectivity index (χ3n) is 12.5. The first kappa shape index (κ1) is 48.9. The molecule has 17 heteroatoms. The maximum Gasteiger partial charge on any atom is 0.315 e. The smallest absolute Gasteiger partial charge is 0.315 e. The second kappa shape index (κ2) is 19.1. The van der Waals surface area contributed by atoms with Crippen molar-refractivity contribution in [2.75, 3.05) is 19.8 Å². The van der Waals surface area contributed by atoms with Crippen molar-refractivity contribution >= 4 is 10.2 Å². The molecule has 2 aliphatic rings. The minimum absolute atomic E-state index is 0.00742. The quantitative estimate of drug-likeness (QED) is 0.0735. The van der Waals surface area contributed by atoms with Crippen molar-refractivity contribution in [1.29, 1.82) is 0 Å². The van der Waals surface area contributed by atoms with Gasteiger partial charge in [-0.1, -0.05) is 25.5 Å². The standard InChI is InChI=1S/C47H49F13O3S/c1-3-28(15-17-62-36-24-42(52)46(43(53)25-36)63-26-30-6-11-32(12-7-30)33-18-38(48)27(2)39(49)19-33)14-16-61-35-22-40(50)37(41(51)23-35)13-8-29-4-9-31(10-5-29)34-20-44(54)47(45(55)21-34)64(56,57,58,59)60/h3,18-25,28-32H,1,4-17,26H2,2H3. The third-order valence-corrected chi connectivity index (χ3v) is 13.7. The van der Waals surface area contributed by atoms with Crippen LogP contribution in [0.15, 0.2) is 66.1 Å². The van der Waals surface area contributed by atoms with Crippen LogP contribution < -0.4 is 14.2 Å². The van der Waals surface area contributed by atoms with Crippen molar-refractivity contribution in [1.82, 2.24) is 0 Å². The molecule has 0 aromatic heterocycles. The molecule has 1 atom stereocenters. The van der Waals surface area contributed by atoms with E-state index in [9.17, 15) is 45.8 Å². The molecule has 4 aromatic carbocycles. The maximum atomic E-state index is 15.0. The molecule has 3 nitrogen and oxygen atoms in total. The Morgan fingerprint density at radius 3 is 1.42 bits per heavy atom. The largest absolute Gasteiger partial charge is 0.493 e. The molecule has 0 radical (unpaired) electrons. The summed E-state index contributed by atoms with van der Waals surface area (Å²) in [6.07, 6.45) is 6.81. The van der Waals surface area contributed by atoms with E-state index < -0.39 is 73.3 Å². The van der Waals surface area contributed by atoms with E-state index in [4.69, 9.17) is 14.2 Å². The van der Waals surface area contributed by atoms with Crippen LogP contribution in [0.5, 0.6) is 17.2 Å². The molecule has 4 aromatic rings. The number of halogens is 13. The van der Waals surface area contributed by atoms with Gasteiger partial charge in [0.15, 0.2) is 22.3 Å². The van der Waals surface area contributed by atoms with Gasteiger partial charge in [0.2, 0.25) is 0 Å². The second-order valence-electron chi connectivity index (χ2n) is 17.0. The summed E-state index contributed by atoms with van der Waals surface area (Å²) in [5.41, 5.74) is 0.240. The molecule has 2 aliphatic carbocycles. The van der Waals surface area contributed by atoms with Crippen molar-refractivity contribution in [3.8, 4) is 17.2 Å². The number of allylic oxidation sites excluding steroid dienone is 1. The van der Waals surface area contributed by atoms with Gasteiger partial charge < -0.3 is 14.2 Å². The van der Waals surface area contributed by atoms with Crippen molar-refractivity contribution < 1.29 is 68.8 Å². The Kier molecular flexibility index (Phi) is 14.6. The normalized spacial score (nSPS) is 20.8. The Bertz CT molecular complexity index is 2210. The van der Waals surface area contributed by atoms with Gasteiger partial charge in [-0.05, 0) is 149 Å². The number of hydrogen-bond acceptors (Lipinski definition) is 3. The Labute approximate surface area is 363 Å². The maximum absolute atomic E-state index is 15.0. The number of ether oxygens (including phenoxy) is 3. The topological polar surface area (TPSA) is 27.7 Å². The molecule has 0 bridgehead atoms. The van der Waals surface area contributed by atoms with E-state index in [-0.39, 0.29) is 90.9 Å². The summed E-state index contributed by atoms with van der Waals surface area (Å²) in [5, 5.41) is 0. The first-order valence-electron chi connectivity index (χ1n) is 21.2. The lowest BCUT2D eigenvalue weighted by atomic mass is 9.77. The molecule has 352 valence electrons. The number of rotatable bonds is 18. The average Bonchev–Trinajstić information content (AvgIpc) is 3.20. The van der Waals surface area contributed by atoms with Gasteiger partial charge in [-0.2, -0.15) is 0 Å². The highest BCUT2D eigenvalue weighted by Gasteiger charge is 2.69. The minimum Gasteiger partial charge on any atom is -0.493 e. The fourth-order valence-electron chi connectivity index (χ4n) is 8.78. The Balaban J connectivity index is 0.897. The highest BCUT2D eigenvalue weighted by atomic mass is 32.5. The summed E-state index contributed by atoms with van der Waals surface area (Å²) in [7, 11) is -10.6. The van der Waals surface area contributed by atoms with E-state index in [2.05, 4.69) is 6.58 Å². The number of hydrogen-bond donors (Lipinski definition) is 0. The van der Waals surface area contributed by atoms with Crippen LogP contribution in [0.25, 0.3) is 0 Å². The molecule has 0 saturated heterocycles. The predicted octanol–water partition coefficient (Wildman–Crippen LogP) is 16.1. The third kappa shape index (κ3) is 12.4. The summed E-state index contributed by atoms with van der Waals surface area (Å²) >= 11 is 0. The van der Waals surface area contributed by atoms with Crippen LogP contribution in [0.3, 0.4) is 0 Å². The van der Waals surface area contributed by atoms with E-state index in [0.29, 0.717) is 75.5 Å². The van der Waals surface area contributed by atoms with E-state index in [0.717, 1.165) is 24.3 Å². The van der Waals surface area contributed by atoms with Gasteiger partial charge in [0.25, 0.3) is 0 Å². The summed E-state index contributed by atoms with van der Waals surface area (Å²) in [5.74, 6) is -10.9. The molecule has 0 heterocycles. The van der Waals surface area contributed by atoms with Gasteiger partial charge >= 0.3 is 10.2 Å². The van der Waals surface area contributed by atoms with E-state index in [1.165, 1.54) is 19.1 Å². The second-order valence-corrected chi connectivity index (χ2v) is 19.4. The molecule has 0 amide bonds.